The quantitative estimate of drug-likeness (QED) is 0.794. The van der Waals surface area contributed by atoms with Crippen molar-refractivity contribution < 1.29 is 0 Å². The first-order chi connectivity index (χ1) is 10.3. The standard InChI is InChI=1S/C17H16ClN3/c18-14-9-12(4-3-11-1-2-11)5-6-13(14)17-20-15-7-8-19-10-16(15)21-17/h5-6,9,11,19H,1-2,7-8,10H2,(H,20,21). The molecule has 0 saturated heterocycles. The van der Waals surface area contributed by atoms with Gasteiger partial charge in [-0.15, -0.1) is 0 Å². The van der Waals surface area contributed by atoms with Crippen LogP contribution in [-0.2, 0) is 13.0 Å². The van der Waals surface area contributed by atoms with Gasteiger partial charge in [0.2, 0.25) is 0 Å². The van der Waals surface area contributed by atoms with Gasteiger partial charge in [0, 0.05) is 36.6 Å². The molecule has 2 aromatic rings. The maximum absolute atomic E-state index is 6.42. The van der Waals surface area contributed by atoms with Gasteiger partial charge in [-0.2, -0.15) is 0 Å². The fourth-order valence-corrected chi connectivity index (χ4v) is 2.81. The maximum Gasteiger partial charge on any atom is 0.139 e. The van der Waals surface area contributed by atoms with E-state index in [2.05, 4.69) is 27.1 Å². The van der Waals surface area contributed by atoms with Crippen LogP contribution >= 0.6 is 11.6 Å². The summed E-state index contributed by atoms with van der Waals surface area (Å²) in [7, 11) is 0. The van der Waals surface area contributed by atoms with Gasteiger partial charge in [0.15, 0.2) is 0 Å². The van der Waals surface area contributed by atoms with Gasteiger partial charge in [0.25, 0.3) is 0 Å². The Morgan fingerprint density at radius 2 is 2.19 bits per heavy atom. The summed E-state index contributed by atoms with van der Waals surface area (Å²) in [4.78, 5) is 8.06. The van der Waals surface area contributed by atoms with Gasteiger partial charge in [-0.1, -0.05) is 23.4 Å². The molecular formula is C17H16ClN3. The molecule has 0 amide bonds. The zero-order chi connectivity index (χ0) is 14.2. The minimum Gasteiger partial charge on any atom is -0.341 e. The van der Waals surface area contributed by atoms with E-state index in [9.17, 15) is 0 Å². The third-order valence-corrected chi connectivity index (χ3v) is 4.24. The van der Waals surface area contributed by atoms with Gasteiger partial charge in [0.1, 0.15) is 5.82 Å². The molecule has 4 rings (SSSR count). The molecule has 2 aliphatic rings. The summed E-state index contributed by atoms with van der Waals surface area (Å²) in [6.45, 7) is 1.84. The first kappa shape index (κ1) is 12.9. The van der Waals surface area contributed by atoms with Crippen molar-refractivity contribution in [1.29, 1.82) is 0 Å². The number of halogens is 1. The van der Waals surface area contributed by atoms with E-state index in [0.717, 1.165) is 42.2 Å². The van der Waals surface area contributed by atoms with Gasteiger partial charge >= 0.3 is 0 Å². The predicted octanol–water partition coefficient (Wildman–Crippen LogP) is 3.14. The number of benzene rings is 1. The van der Waals surface area contributed by atoms with Gasteiger partial charge in [-0.25, -0.2) is 4.98 Å². The molecule has 0 unspecified atom stereocenters. The first-order valence-corrected chi connectivity index (χ1v) is 7.77. The Morgan fingerprint density at radius 1 is 1.29 bits per heavy atom. The average molecular weight is 298 g/mol. The van der Waals surface area contributed by atoms with Crippen LogP contribution in [0.25, 0.3) is 11.4 Å². The van der Waals surface area contributed by atoms with E-state index in [-0.39, 0.29) is 0 Å². The second-order valence-electron chi connectivity index (χ2n) is 5.68. The first-order valence-electron chi connectivity index (χ1n) is 7.39. The Morgan fingerprint density at radius 3 is 2.95 bits per heavy atom. The van der Waals surface area contributed by atoms with Crippen molar-refractivity contribution in [2.45, 2.75) is 25.8 Å². The second-order valence-corrected chi connectivity index (χ2v) is 6.08. The molecule has 1 aliphatic carbocycles. The summed E-state index contributed by atoms with van der Waals surface area (Å²) in [5.41, 5.74) is 4.25. The summed E-state index contributed by atoms with van der Waals surface area (Å²) in [6, 6.07) is 5.97. The molecule has 1 saturated carbocycles. The Kier molecular flexibility index (Phi) is 3.21. The number of hydrogen-bond acceptors (Lipinski definition) is 2. The lowest BCUT2D eigenvalue weighted by atomic mass is 10.1. The SMILES string of the molecule is Clc1cc(C#CC2CC2)ccc1-c1nc2c([nH]1)CNCC2. The van der Waals surface area contributed by atoms with E-state index in [1.807, 2.05) is 18.2 Å². The normalized spacial score (nSPS) is 17.0. The highest BCUT2D eigenvalue weighted by atomic mass is 35.5. The monoisotopic (exact) mass is 297 g/mol. The molecule has 0 bridgehead atoms. The van der Waals surface area contributed by atoms with Gasteiger partial charge in [-0.3, -0.25) is 0 Å². The minimum absolute atomic E-state index is 0.604. The number of nitrogens with zero attached hydrogens (tertiary/aromatic N) is 1. The molecule has 2 N–H and O–H groups in total. The van der Waals surface area contributed by atoms with Crippen LogP contribution in [0.3, 0.4) is 0 Å². The number of aromatic amines is 1. The fourth-order valence-electron chi connectivity index (χ4n) is 2.54. The fraction of sp³-hybridized carbons (Fsp3) is 0.353. The lowest BCUT2D eigenvalue weighted by Gasteiger charge is -2.09. The van der Waals surface area contributed by atoms with Crippen LogP contribution in [0.2, 0.25) is 5.02 Å². The molecule has 3 nitrogen and oxygen atoms in total. The summed E-state index contributed by atoms with van der Waals surface area (Å²) < 4.78 is 0. The van der Waals surface area contributed by atoms with E-state index in [1.165, 1.54) is 18.5 Å². The number of fused-ring (bicyclic) bond motifs is 1. The number of rotatable bonds is 1. The van der Waals surface area contributed by atoms with Gasteiger partial charge in [-0.05, 0) is 31.0 Å². The number of hydrogen-bond donors (Lipinski definition) is 2. The number of aromatic nitrogens is 2. The van der Waals surface area contributed by atoms with E-state index in [1.54, 1.807) is 0 Å². The Bertz CT molecular complexity index is 724. The third kappa shape index (κ3) is 2.70. The Labute approximate surface area is 129 Å². The van der Waals surface area contributed by atoms with Crippen molar-refractivity contribution in [1.82, 2.24) is 15.3 Å². The minimum atomic E-state index is 0.604. The van der Waals surface area contributed by atoms with Crippen molar-refractivity contribution in [2.24, 2.45) is 5.92 Å². The molecule has 0 radical (unpaired) electrons. The number of imidazole rings is 1. The van der Waals surface area contributed by atoms with Crippen molar-refractivity contribution in [3.8, 4) is 23.2 Å². The smallest absolute Gasteiger partial charge is 0.139 e. The molecule has 106 valence electrons. The zero-order valence-corrected chi connectivity index (χ0v) is 12.4. The highest BCUT2D eigenvalue weighted by molar-refractivity contribution is 6.33. The van der Waals surface area contributed by atoms with E-state index in [4.69, 9.17) is 11.6 Å². The van der Waals surface area contributed by atoms with Crippen molar-refractivity contribution in [2.75, 3.05) is 6.54 Å². The van der Waals surface area contributed by atoms with Crippen LogP contribution in [-0.4, -0.2) is 16.5 Å². The van der Waals surface area contributed by atoms with Crippen molar-refractivity contribution in [3.05, 3.63) is 40.2 Å². The molecule has 0 atom stereocenters. The average Bonchev–Trinajstić information content (AvgIpc) is 3.22. The molecule has 1 fully saturated rings. The predicted molar refractivity (Wildman–Crippen MR) is 84.0 cm³/mol. The molecule has 4 heteroatoms. The topological polar surface area (TPSA) is 40.7 Å². The number of nitrogens with one attached hydrogen (secondary N) is 2. The molecule has 0 spiro atoms. The molecule has 1 aliphatic heterocycles. The van der Waals surface area contributed by atoms with E-state index >= 15 is 0 Å². The number of H-pyrrole nitrogens is 1. The molecule has 1 aromatic carbocycles. The summed E-state index contributed by atoms with van der Waals surface area (Å²) in [5, 5.41) is 4.05. The summed E-state index contributed by atoms with van der Waals surface area (Å²) in [6.07, 6.45) is 3.45. The van der Waals surface area contributed by atoms with Gasteiger partial charge in [0.05, 0.1) is 16.4 Å². The van der Waals surface area contributed by atoms with Crippen LogP contribution < -0.4 is 5.32 Å². The van der Waals surface area contributed by atoms with Gasteiger partial charge < -0.3 is 10.3 Å². The lowest BCUT2D eigenvalue weighted by Crippen LogP contribution is -2.23. The molecule has 21 heavy (non-hydrogen) atoms. The zero-order valence-electron chi connectivity index (χ0n) is 11.7. The van der Waals surface area contributed by atoms with Crippen LogP contribution in [0.1, 0.15) is 29.8 Å². The highest BCUT2D eigenvalue weighted by Crippen LogP contribution is 2.29. The Balaban J connectivity index is 1.65. The van der Waals surface area contributed by atoms with E-state index in [0.29, 0.717) is 10.9 Å². The van der Waals surface area contributed by atoms with Crippen LogP contribution in [0.15, 0.2) is 18.2 Å². The summed E-state index contributed by atoms with van der Waals surface area (Å²) >= 11 is 6.42. The third-order valence-electron chi connectivity index (χ3n) is 3.93. The van der Waals surface area contributed by atoms with Crippen LogP contribution in [0.4, 0.5) is 0 Å². The van der Waals surface area contributed by atoms with Crippen molar-refractivity contribution in [3.63, 3.8) is 0 Å². The second kappa shape index (κ2) is 5.22. The van der Waals surface area contributed by atoms with Crippen LogP contribution in [0.5, 0.6) is 0 Å². The highest BCUT2D eigenvalue weighted by Gasteiger charge is 2.18. The van der Waals surface area contributed by atoms with Crippen molar-refractivity contribution >= 4 is 11.6 Å². The maximum atomic E-state index is 6.42. The summed E-state index contributed by atoms with van der Waals surface area (Å²) in [5.74, 6) is 7.92. The molecule has 2 heterocycles. The lowest BCUT2D eigenvalue weighted by molar-refractivity contribution is 0.627. The molecular weight excluding hydrogens is 282 g/mol. The largest absolute Gasteiger partial charge is 0.341 e. The van der Waals surface area contributed by atoms with E-state index < -0.39 is 0 Å². The molecule has 1 aromatic heterocycles. The Hall–Kier alpha value is -1.76. The van der Waals surface area contributed by atoms with Crippen LogP contribution in [0, 0.1) is 17.8 Å².